The van der Waals surface area contributed by atoms with Crippen LogP contribution in [0.5, 0.6) is 17.2 Å². The lowest BCUT2D eigenvalue weighted by Crippen LogP contribution is -2.17. The molecule has 1 amide bonds. The van der Waals surface area contributed by atoms with E-state index in [0.717, 1.165) is 16.0 Å². The van der Waals surface area contributed by atoms with E-state index in [-0.39, 0.29) is 25.7 Å². The average Bonchev–Trinajstić information content (AvgIpc) is 3.25. The van der Waals surface area contributed by atoms with Crippen molar-refractivity contribution in [3.8, 4) is 29.6 Å². The number of carbonyl (C=O) groups excluding carboxylic acids is 1. The van der Waals surface area contributed by atoms with Gasteiger partial charge < -0.3 is 18.8 Å². The predicted octanol–water partition coefficient (Wildman–Crippen LogP) is 2.96. The Bertz CT molecular complexity index is 1090. The van der Waals surface area contributed by atoms with Crippen molar-refractivity contribution in [2.24, 2.45) is 4.99 Å². The van der Waals surface area contributed by atoms with Crippen LogP contribution in [0.2, 0.25) is 0 Å². The number of hydrogen-bond acceptors (Lipinski definition) is 5. The van der Waals surface area contributed by atoms with E-state index < -0.39 is 0 Å². The molecule has 0 fully saturated rings. The zero-order valence-electron chi connectivity index (χ0n) is 14.4. The molecule has 27 heavy (non-hydrogen) atoms. The first kappa shape index (κ1) is 17.2. The van der Waals surface area contributed by atoms with E-state index in [9.17, 15) is 4.79 Å². The maximum Gasteiger partial charge on any atom is 0.251 e. The largest absolute Gasteiger partial charge is 0.493 e. The number of hydrogen-bond donors (Lipinski definition) is 0. The Morgan fingerprint density at radius 3 is 2.81 bits per heavy atom. The number of thiazole rings is 1. The first-order valence-electron chi connectivity index (χ1n) is 8.36. The van der Waals surface area contributed by atoms with Crippen LogP contribution in [0.1, 0.15) is 6.42 Å². The third-order valence-corrected chi connectivity index (χ3v) is 5.02. The van der Waals surface area contributed by atoms with Gasteiger partial charge in [-0.3, -0.25) is 4.79 Å². The third kappa shape index (κ3) is 3.66. The fourth-order valence-electron chi connectivity index (χ4n) is 2.72. The number of terminal acetylenes is 1. The van der Waals surface area contributed by atoms with Gasteiger partial charge in [-0.25, -0.2) is 0 Å². The molecule has 6 nitrogen and oxygen atoms in total. The molecule has 4 rings (SSSR count). The summed E-state index contributed by atoms with van der Waals surface area (Å²) < 4.78 is 19.2. The lowest BCUT2D eigenvalue weighted by Gasteiger charge is -2.03. The summed E-state index contributed by atoms with van der Waals surface area (Å²) in [4.78, 5) is 17.1. The quantitative estimate of drug-likeness (QED) is 0.639. The maximum absolute atomic E-state index is 12.3. The van der Waals surface area contributed by atoms with Gasteiger partial charge in [-0.1, -0.05) is 35.5 Å². The molecule has 7 heteroatoms. The molecule has 136 valence electrons. The number of carbonyl (C=O) groups is 1. The topological polar surface area (TPSA) is 62.1 Å². The van der Waals surface area contributed by atoms with Gasteiger partial charge >= 0.3 is 0 Å². The molecule has 2 aromatic carbocycles. The summed E-state index contributed by atoms with van der Waals surface area (Å²) in [5.41, 5.74) is 0.870. The van der Waals surface area contributed by atoms with E-state index in [1.807, 2.05) is 47.0 Å². The minimum atomic E-state index is -0.261. The summed E-state index contributed by atoms with van der Waals surface area (Å²) in [6, 6.07) is 13.1. The molecule has 2 heterocycles. The second-order valence-electron chi connectivity index (χ2n) is 5.77. The number of aromatic nitrogens is 1. The second-order valence-corrected chi connectivity index (χ2v) is 6.77. The van der Waals surface area contributed by atoms with E-state index in [1.54, 1.807) is 0 Å². The van der Waals surface area contributed by atoms with Crippen LogP contribution < -0.4 is 19.0 Å². The summed E-state index contributed by atoms with van der Waals surface area (Å²) in [7, 11) is 0. The molecule has 0 unspecified atom stereocenters. The van der Waals surface area contributed by atoms with Gasteiger partial charge in [0.25, 0.3) is 5.91 Å². The smallest absolute Gasteiger partial charge is 0.251 e. The standard InChI is InChI=1S/C20H16N2O4S/c1-2-9-22-15-11-16-17(26-13-25-16)12-18(15)27-20(22)21-19(23)8-10-24-14-6-4-3-5-7-14/h1,3-7,11-12H,8-10,13H2. The second kappa shape index (κ2) is 7.56. The molecule has 0 atom stereocenters. The number of amides is 1. The summed E-state index contributed by atoms with van der Waals surface area (Å²) in [6.45, 7) is 0.785. The number of rotatable bonds is 5. The molecule has 0 N–H and O–H groups in total. The molecule has 3 aromatic rings. The highest BCUT2D eigenvalue weighted by Crippen LogP contribution is 2.36. The van der Waals surface area contributed by atoms with Crippen LogP contribution in [-0.2, 0) is 11.3 Å². The molecular formula is C20H16N2O4S. The number of para-hydroxylation sites is 1. The van der Waals surface area contributed by atoms with Crippen molar-refractivity contribution in [2.75, 3.05) is 13.4 Å². The van der Waals surface area contributed by atoms with Gasteiger partial charge in [-0.15, -0.1) is 6.42 Å². The minimum absolute atomic E-state index is 0.182. The van der Waals surface area contributed by atoms with E-state index in [1.165, 1.54) is 11.3 Å². The maximum atomic E-state index is 12.3. The highest BCUT2D eigenvalue weighted by atomic mass is 32.1. The number of ether oxygens (including phenoxy) is 3. The highest BCUT2D eigenvalue weighted by molar-refractivity contribution is 7.16. The molecule has 1 aliphatic heterocycles. The lowest BCUT2D eigenvalue weighted by molar-refractivity contribution is -0.118. The van der Waals surface area contributed by atoms with Crippen molar-refractivity contribution in [1.82, 2.24) is 4.57 Å². The van der Waals surface area contributed by atoms with Crippen LogP contribution in [0, 0.1) is 12.3 Å². The monoisotopic (exact) mass is 380 g/mol. The summed E-state index contributed by atoms with van der Waals surface area (Å²) in [5.74, 6) is 4.43. The zero-order valence-corrected chi connectivity index (χ0v) is 15.2. The highest BCUT2D eigenvalue weighted by Gasteiger charge is 2.17. The summed E-state index contributed by atoms with van der Waals surface area (Å²) in [6.07, 6.45) is 5.68. The molecular weight excluding hydrogens is 364 g/mol. The fraction of sp³-hybridized carbons (Fsp3) is 0.200. The Labute approximate surface area is 159 Å². The van der Waals surface area contributed by atoms with Gasteiger partial charge in [0.15, 0.2) is 16.3 Å². The molecule has 0 radical (unpaired) electrons. The Morgan fingerprint density at radius 2 is 2.04 bits per heavy atom. The van der Waals surface area contributed by atoms with Crippen LogP contribution in [0.3, 0.4) is 0 Å². The van der Waals surface area contributed by atoms with Crippen molar-refractivity contribution in [1.29, 1.82) is 0 Å². The molecule has 0 saturated carbocycles. The van der Waals surface area contributed by atoms with Crippen molar-refractivity contribution in [2.45, 2.75) is 13.0 Å². The van der Waals surface area contributed by atoms with Crippen LogP contribution in [0.4, 0.5) is 0 Å². The Morgan fingerprint density at radius 1 is 1.26 bits per heavy atom. The number of fused-ring (bicyclic) bond motifs is 2. The molecule has 0 aliphatic carbocycles. The predicted molar refractivity (Wildman–Crippen MR) is 102 cm³/mol. The summed E-state index contributed by atoms with van der Waals surface area (Å²) >= 11 is 1.39. The van der Waals surface area contributed by atoms with E-state index >= 15 is 0 Å². The van der Waals surface area contributed by atoms with Crippen molar-refractivity contribution >= 4 is 27.5 Å². The third-order valence-electron chi connectivity index (χ3n) is 3.97. The van der Waals surface area contributed by atoms with Gasteiger partial charge in [0.05, 0.1) is 29.8 Å². The molecule has 1 aromatic heterocycles. The van der Waals surface area contributed by atoms with Crippen molar-refractivity contribution in [3.63, 3.8) is 0 Å². The van der Waals surface area contributed by atoms with E-state index in [2.05, 4.69) is 10.9 Å². The molecule has 0 spiro atoms. The first-order chi connectivity index (χ1) is 13.2. The SMILES string of the molecule is C#CCn1c(=NC(=O)CCOc2ccccc2)sc2cc3c(cc21)OCO3. The Balaban J connectivity index is 1.57. The minimum Gasteiger partial charge on any atom is -0.493 e. The van der Waals surface area contributed by atoms with Gasteiger partial charge in [0.2, 0.25) is 6.79 Å². The van der Waals surface area contributed by atoms with Crippen LogP contribution in [-0.4, -0.2) is 23.9 Å². The lowest BCUT2D eigenvalue weighted by atomic mass is 10.3. The van der Waals surface area contributed by atoms with Gasteiger partial charge in [-0.05, 0) is 12.1 Å². The average molecular weight is 380 g/mol. The fourth-order valence-corrected chi connectivity index (χ4v) is 3.78. The Kier molecular flexibility index (Phi) is 4.81. The molecule has 0 saturated heterocycles. The van der Waals surface area contributed by atoms with Crippen molar-refractivity contribution in [3.05, 3.63) is 47.3 Å². The van der Waals surface area contributed by atoms with Crippen LogP contribution in [0.25, 0.3) is 10.2 Å². The number of nitrogens with zero attached hydrogens (tertiary/aromatic N) is 2. The van der Waals surface area contributed by atoms with E-state index in [4.69, 9.17) is 20.6 Å². The molecule has 0 bridgehead atoms. The van der Waals surface area contributed by atoms with Gasteiger partial charge in [0.1, 0.15) is 5.75 Å². The van der Waals surface area contributed by atoms with E-state index in [0.29, 0.717) is 22.8 Å². The van der Waals surface area contributed by atoms with Gasteiger partial charge in [-0.2, -0.15) is 4.99 Å². The van der Waals surface area contributed by atoms with Gasteiger partial charge in [0, 0.05) is 12.1 Å². The normalized spacial score (nSPS) is 12.9. The van der Waals surface area contributed by atoms with Crippen molar-refractivity contribution < 1.29 is 19.0 Å². The van der Waals surface area contributed by atoms with Crippen LogP contribution >= 0.6 is 11.3 Å². The summed E-state index contributed by atoms with van der Waals surface area (Å²) in [5, 5.41) is 0. The Hall–Kier alpha value is -3.24. The van der Waals surface area contributed by atoms with Crippen LogP contribution in [0.15, 0.2) is 47.5 Å². The number of benzene rings is 2. The molecule has 1 aliphatic rings. The zero-order chi connectivity index (χ0) is 18.6. The first-order valence-corrected chi connectivity index (χ1v) is 9.18.